The summed E-state index contributed by atoms with van der Waals surface area (Å²) in [6.45, 7) is 5.04. The Hall–Kier alpha value is -1.77. The summed E-state index contributed by atoms with van der Waals surface area (Å²) in [6.07, 6.45) is -1.49. The Bertz CT molecular complexity index is 514. The van der Waals surface area contributed by atoms with Gasteiger partial charge in [0.25, 0.3) is 0 Å². The smallest absolute Gasteiger partial charge is 0.312 e. The highest BCUT2D eigenvalue weighted by Gasteiger charge is 2.38. The maximum atomic E-state index is 13.3. The number of nitrogen functional groups attached to an aromatic ring is 1. The second-order valence-corrected chi connectivity index (χ2v) is 4.55. The molecule has 0 aromatic carbocycles. The molecule has 0 aliphatic carbocycles. The zero-order valence-electron chi connectivity index (χ0n) is 11.0. The van der Waals surface area contributed by atoms with Crippen molar-refractivity contribution in [2.24, 2.45) is 0 Å². The van der Waals surface area contributed by atoms with Crippen LogP contribution in [0.3, 0.4) is 0 Å². The van der Waals surface area contributed by atoms with Crippen LogP contribution in [0.1, 0.15) is 12.0 Å². The van der Waals surface area contributed by atoms with Crippen molar-refractivity contribution in [3.8, 4) is 0 Å². The van der Waals surface area contributed by atoms with Crippen molar-refractivity contribution in [2.45, 2.75) is 31.8 Å². The van der Waals surface area contributed by atoms with E-state index in [9.17, 15) is 9.50 Å². The molecule has 2 rings (SSSR count). The van der Waals surface area contributed by atoms with Crippen LogP contribution in [0.4, 0.5) is 16.0 Å². The zero-order chi connectivity index (χ0) is 14.9. The summed E-state index contributed by atoms with van der Waals surface area (Å²) in [6, 6.07) is 0. The minimum atomic E-state index is -0.971. The summed E-state index contributed by atoms with van der Waals surface area (Å²) < 4.78 is 18.8. The van der Waals surface area contributed by atoms with E-state index in [1.54, 1.807) is 6.92 Å². The molecule has 20 heavy (non-hydrogen) atoms. The summed E-state index contributed by atoms with van der Waals surface area (Å²) in [5.74, 6) is 0.179. The highest BCUT2D eigenvalue weighted by Crippen LogP contribution is 2.30. The van der Waals surface area contributed by atoms with Gasteiger partial charge in [0, 0.05) is 18.2 Å². The van der Waals surface area contributed by atoms with Gasteiger partial charge in [0.2, 0.25) is 0 Å². The third-order valence-corrected chi connectivity index (χ3v) is 3.21. The normalized spacial score (nSPS) is 25.7. The first-order valence-corrected chi connectivity index (χ1v) is 6.12. The van der Waals surface area contributed by atoms with Crippen molar-refractivity contribution in [2.75, 3.05) is 17.2 Å². The summed E-state index contributed by atoms with van der Waals surface area (Å²) in [5.41, 5.74) is 6.06. The Morgan fingerprint density at radius 2 is 2.30 bits per heavy atom. The highest BCUT2D eigenvalue weighted by atomic mass is 19.1. The molecule has 0 bridgehead atoms. The van der Waals surface area contributed by atoms with Crippen molar-refractivity contribution in [3.63, 3.8) is 0 Å². The monoisotopic (exact) mass is 284 g/mol. The van der Waals surface area contributed by atoms with Crippen LogP contribution in [0.2, 0.25) is 0 Å². The number of nitrogens with zero attached hydrogens (tertiary/aromatic N) is 3. The standard InChI is InChI=1S/C12H17FN4O3/c1-3-17(11-8(19)4-7(5-18)20-11)10-6(2)9(14)15-12(13)16-10/h3,7-8,11,18-19H,1,4-5H2,2H3,(H2,14,15,16)/t7-,8-,11+/m0/s1. The molecule has 1 fully saturated rings. The van der Waals surface area contributed by atoms with E-state index in [-0.39, 0.29) is 24.7 Å². The number of rotatable bonds is 4. The van der Waals surface area contributed by atoms with Crippen LogP contribution in [0.15, 0.2) is 12.8 Å². The molecule has 0 spiro atoms. The van der Waals surface area contributed by atoms with Crippen LogP contribution in [-0.2, 0) is 4.74 Å². The van der Waals surface area contributed by atoms with Crippen LogP contribution in [0.25, 0.3) is 0 Å². The van der Waals surface area contributed by atoms with Gasteiger partial charge in [-0.1, -0.05) is 6.58 Å². The summed E-state index contributed by atoms with van der Waals surface area (Å²) >= 11 is 0. The zero-order valence-corrected chi connectivity index (χ0v) is 11.0. The molecule has 0 radical (unpaired) electrons. The highest BCUT2D eigenvalue weighted by molar-refractivity contribution is 5.57. The van der Waals surface area contributed by atoms with Gasteiger partial charge in [0.05, 0.1) is 12.7 Å². The van der Waals surface area contributed by atoms with Gasteiger partial charge in [-0.15, -0.1) is 0 Å². The molecule has 1 aromatic rings. The van der Waals surface area contributed by atoms with Crippen LogP contribution in [0, 0.1) is 13.0 Å². The number of aliphatic hydroxyl groups is 2. The van der Waals surface area contributed by atoms with E-state index < -0.39 is 24.5 Å². The second kappa shape index (κ2) is 5.70. The fourth-order valence-corrected chi connectivity index (χ4v) is 2.15. The number of aliphatic hydroxyl groups excluding tert-OH is 2. The number of hydrogen-bond acceptors (Lipinski definition) is 7. The van der Waals surface area contributed by atoms with Gasteiger partial charge >= 0.3 is 6.08 Å². The van der Waals surface area contributed by atoms with Gasteiger partial charge in [-0.2, -0.15) is 14.4 Å². The lowest BCUT2D eigenvalue weighted by atomic mass is 10.2. The average Bonchev–Trinajstić information content (AvgIpc) is 2.77. The summed E-state index contributed by atoms with van der Waals surface area (Å²) in [4.78, 5) is 8.49. The molecule has 1 saturated heterocycles. The number of anilines is 2. The number of ether oxygens (including phenoxy) is 1. The molecule has 4 N–H and O–H groups in total. The first-order valence-electron chi connectivity index (χ1n) is 6.12. The molecule has 0 unspecified atom stereocenters. The molecule has 1 aromatic heterocycles. The number of aromatic nitrogens is 2. The Kier molecular flexibility index (Phi) is 4.17. The Labute approximate surface area is 115 Å². The predicted octanol–water partition coefficient (Wildman–Crippen LogP) is -0.0756. The van der Waals surface area contributed by atoms with Crippen molar-refractivity contribution in [1.29, 1.82) is 0 Å². The van der Waals surface area contributed by atoms with Crippen molar-refractivity contribution >= 4 is 11.6 Å². The Morgan fingerprint density at radius 1 is 1.60 bits per heavy atom. The van der Waals surface area contributed by atoms with Crippen LogP contribution in [0.5, 0.6) is 0 Å². The minimum absolute atomic E-state index is 0.00513. The van der Waals surface area contributed by atoms with Gasteiger partial charge in [-0.05, 0) is 6.92 Å². The van der Waals surface area contributed by atoms with Gasteiger partial charge in [0.1, 0.15) is 17.7 Å². The van der Waals surface area contributed by atoms with E-state index in [0.717, 1.165) is 0 Å². The third kappa shape index (κ3) is 2.58. The first-order chi connectivity index (χ1) is 9.47. The van der Waals surface area contributed by atoms with Gasteiger partial charge < -0.3 is 25.6 Å². The Morgan fingerprint density at radius 3 is 2.85 bits per heavy atom. The largest absolute Gasteiger partial charge is 0.394 e. The van der Waals surface area contributed by atoms with Gasteiger partial charge in [-0.3, -0.25) is 0 Å². The molecule has 0 saturated carbocycles. The average molecular weight is 284 g/mol. The van der Waals surface area contributed by atoms with Crippen molar-refractivity contribution < 1.29 is 19.3 Å². The van der Waals surface area contributed by atoms with Crippen LogP contribution in [-0.4, -0.2) is 45.2 Å². The van der Waals surface area contributed by atoms with Crippen molar-refractivity contribution in [1.82, 2.24) is 9.97 Å². The first kappa shape index (κ1) is 14.6. The maximum absolute atomic E-state index is 13.3. The summed E-state index contributed by atoms with van der Waals surface area (Å²) in [5, 5.41) is 19.1. The molecular formula is C12H17FN4O3. The van der Waals surface area contributed by atoms with E-state index in [0.29, 0.717) is 5.56 Å². The molecule has 3 atom stereocenters. The molecule has 7 nitrogen and oxygen atoms in total. The molecule has 2 heterocycles. The molecule has 110 valence electrons. The number of hydrogen-bond donors (Lipinski definition) is 3. The second-order valence-electron chi connectivity index (χ2n) is 4.55. The molecule has 1 aliphatic heterocycles. The quantitative estimate of drug-likeness (QED) is 0.664. The van der Waals surface area contributed by atoms with Gasteiger partial charge in [-0.25, -0.2) is 0 Å². The van der Waals surface area contributed by atoms with Crippen LogP contribution < -0.4 is 10.6 Å². The van der Waals surface area contributed by atoms with Gasteiger partial charge in [0.15, 0.2) is 6.23 Å². The minimum Gasteiger partial charge on any atom is -0.394 e. The maximum Gasteiger partial charge on any atom is 0.312 e. The van der Waals surface area contributed by atoms with E-state index >= 15 is 0 Å². The third-order valence-electron chi connectivity index (χ3n) is 3.21. The van der Waals surface area contributed by atoms with E-state index in [4.69, 9.17) is 15.6 Å². The topological polar surface area (TPSA) is 105 Å². The van der Waals surface area contributed by atoms with E-state index in [1.165, 1.54) is 11.1 Å². The van der Waals surface area contributed by atoms with E-state index in [2.05, 4.69) is 16.5 Å². The molecular weight excluding hydrogens is 267 g/mol. The lowest BCUT2D eigenvalue weighted by Gasteiger charge is -2.29. The lowest BCUT2D eigenvalue weighted by molar-refractivity contribution is -0.00650. The fraction of sp³-hybridized carbons (Fsp3) is 0.500. The molecule has 0 amide bonds. The van der Waals surface area contributed by atoms with E-state index in [1.807, 2.05) is 0 Å². The number of halogens is 1. The van der Waals surface area contributed by atoms with Crippen molar-refractivity contribution in [3.05, 3.63) is 24.4 Å². The Balaban J connectivity index is 2.36. The fourth-order valence-electron chi connectivity index (χ4n) is 2.15. The summed E-state index contributed by atoms with van der Waals surface area (Å²) in [7, 11) is 0. The molecule has 1 aliphatic rings. The molecule has 8 heteroatoms. The van der Waals surface area contributed by atoms with Crippen LogP contribution >= 0.6 is 0 Å². The predicted molar refractivity (Wildman–Crippen MR) is 70.2 cm³/mol. The lowest BCUT2D eigenvalue weighted by Crippen LogP contribution is -2.39. The SMILES string of the molecule is C=CN(c1nc(F)nc(N)c1C)[C@@H]1O[C@H](CO)C[C@@H]1O. The number of nitrogens with two attached hydrogens (primary N) is 1.